The van der Waals surface area contributed by atoms with Gasteiger partial charge in [0, 0.05) is 5.56 Å². The van der Waals surface area contributed by atoms with E-state index in [0.717, 1.165) is 6.07 Å². The summed E-state index contributed by atoms with van der Waals surface area (Å²) in [6.45, 7) is 1.57. The van der Waals surface area contributed by atoms with Gasteiger partial charge in [0.05, 0.1) is 11.1 Å². The zero-order chi connectivity index (χ0) is 10.7. The van der Waals surface area contributed by atoms with E-state index < -0.39 is 17.7 Å². The minimum atomic E-state index is -0.729. The topological polar surface area (TPSA) is 20.2 Å². The van der Waals surface area contributed by atoms with Gasteiger partial charge in [-0.25, -0.2) is 8.78 Å². The van der Waals surface area contributed by atoms with E-state index in [1.165, 1.54) is 6.07 Å². The quantitative estimate of drug-likeness (QED) is 0.777. The first-order valence-electron chi connectivity index (χ1n) is 4.32. The lowest BCUT2D eigenvalue weighted by atomic mass is 10.1. The molecule has 0 aliphatic heterocycles. The van der Waals surface area contributed by atoms with Crippen molar-refractivity contribution in [3.8, 4) is 0 Å². The van der Waals surface area contributed by atoms with Gasteiger partial charge in [-0.15, -0.1) is 0 Å². The van der Waals surface area contributed by atoms with E-state index in [0.29, 0.717) is 6.42 Å². The molecular weight excluding hydrogens is 210 g/mol. The van der Waals surface area contributed by atoms with Gasteiger partial charge in [0.25, 0.3) is 0 Å². The van der Waals surface area contributed by atoms with Gasteiger partial charge in [-0.05, 0) is 31.9 Å². The highest BCUT2D eigenvalue weighted by atomic mass is 35.5. The summed E-state index contributed by atoms with van der Waals surface area (Å²) >= 11 is 5.50. The molecule has 0 aromatic heterocycles. The van der Waals surface area contributed by atoms with Gasteiger partial charge in [0.2, 0.25) is 0 Å². The van der Waals surface area contributed by atoms with Crippen molar-refractivity contribution in [2.45, 2.75) is 25.9 Å². The van der Waals surface area contributed by atoms with Crippen LogP contribution in [0.1, 0.15) is 18.9 Å². The average Bonchev–Trinajstić information content (AvgIpc) is 2.11. The molecule has 78 valence electrons. The third-order valence-corrected chi connectivity index (χ3v) is 2.24. The van der Waals surface area contributed by atoms with Crippen molar-refractivity contribution < 1.29 is 13.9 Å². The predicted molar refractivity (Wildman–Crippen MR) is 51.4 cm³/mol. The molecule has 0 radical (unpaired) electrons. The van der Waals surface area contributed by atoms with E-state index in [4.69, 9.17) is 16.7 Å². The van der Waals surface area contributed by atoms with Crippen LogP contribution >= 0.6 is 11.6 Å². The van der Waals surface area contributed by atoms with Crippen molar-refractivity contribution in [2.75, 3.05) is 0 Å². The lowest BCUT2D eigenvalue weighted by Gasteiger charge is -2.07. The van der Waals surface area contributed by atoms with Crippen LogP contribution in [-0.4, -0.2) is 11.2 Å². The van der Waals surface area contributed by atoms with Crippen molar-refractivity contribution in [2.24, 2.45) is 0 Å². The maximum absolute atomic E-state index is 13.3. The molecule has 1 atom stereocenters. The Balaban J connectivity index is 2.89. The molecule has 14 heavy (non-hydrogen) atoms. The first kappa shape index (κ1) is 11.4. The van der Waals surface area contributed by atoms with Crippen LogP contribution in [0.3, 0.4) is 0 Å². The largest absolute Gasteiger partial charge is 0.393 e. The summed E-state index contributed by atoms with van der Waals surface area (Å²) in [7, 11) is 0. The monoisotopic (exact) mass is 220 g/mol. The molecule has 0 aliphatic rings. The summed E-state index contributed by atoms with van der Waals surface area (Å²) in [5.74, 6) is -1.35. The Morgan fingerprint density at radius 1 is 1.43 bits per heavy atom. The number of hydrogen-bond acceptors (Lipinski definition) is 1. The van der Waals surface area contributed by atoms with E-state index >= 15 is 0 Å². The Morgan fingerprint density at radius 2 is 2.07 bits per heavy atom. The van der Waals surface area contributed by atoms with Gasteiger partial charge >= 0.3 is 0 Å². The zero-order valence-corrected chi connectivity index (χ0v) is 8.48. The molecule has 0 aliphatic carbocycles. The highest BCUT2D eigenvalue weighted by molar-refractivity contribution is 6.30. The van der Waals surface area contributed by atoms with Gasteiger partial charge in [0.1, 0.15) is 11.6 Å². The van der Waals surface area contributed by atoms with Gasteiger partial charge in [0.15, 0.2) is 0 Å². The molecule has 0 saturated carbocycles. The third-order valence-electron chi connectivity index (χ3n) is 1.95. The lowest BCUT2D eigenvalue weighted by Crippen LogP contribution is -2.04. The molecule has 0 saturated heterocycles. The first-order valence-corrected chi connectivity index (χ1v) is 4.70. The normalized spacial score (nSPS) is 12.9. The second kappa shape index (κ2) is 4.71. The number of aliphatic hydroxyl groups is 1. The fourth-order valence-corrected chi connectivity index (χ4v) is 1.33. The Bertz CT molecular complexity index is 326. The third kappa shape index (κ3) is 2.66. The summed E-state index contributed by atoms with van der Waals surface area (Å²) in [5, 5.41) is 8.90. The number of benzene rings is 1. The van der Waals surface area contributed by atoms with E-state index in [2.05, 4.69) is 0 Å². The molecule has 1 nitrogen and oxygen atoms in total. The second-order valence-corrected chi connectivity index (χ2v) is 3.62. The standard InChI is InChI=1S/C10H11ClF2O/c1-6(14)2-3-7-9(12)5-4-8(11)10(7)13/h4-6,14H,2-3H2,1H3/t6-/m1/s1. The van der Waals surface area contributed by atoms with Gasteiger partial charge in [-0.2, -0.15) is 0 Å². The van der Waals surface area contributed by atoms with Gasteiger partial charge < -0.3 is 5.11 Å². The van der Waals surface area contributed by atoms with Gasteiger partial charge in [-0.1, -0.05) is 11.6 Å². The van der Waals surface area contributed by atoms with E-state index in [1.54, 1.807) is 6.92 Å². The molecule has 0 unspecified atom stereocenters. The smallest absolute Gasteiger partial charge is 0.147 e. The van der Waals surface area contributed by atoms with Crippen LogP contribution in [0.15, 0.2) is 12.1 Å². The number of halogens is 3. The number of hydrogen-bond donors (Lipinski definition) is 1. The van der Waals surface area contributed by atoms with Crippen molar-refractivity contribution >= 4 is 11.6 Å². The van der Waals surface area contributed by atoms with Crippen LogP contribution < -0.4 is 0 Å². The van der Waals surface area contributed by atoms with Crippen LogP contribution in [0.2, 0.25) is 5.02 Å². The number of rotatable bonds is 3. The second-order valence-electron chi connectivity index (χ2n) is 3.21. The Hall–Kier alpha value is -0.670. The molecule has 0 bridgehead atoms. The van der Waals surface area contributed by atoms with E-state index in [-0.39, 0.29) is 17.0 Å². The molecule has 1 rings (SSSR count). The van der Waals surface area contributed by atoms with Crippen LogP contribution in [0, 0.1) is 11.6 Å². The predicted octanol–water partition coefficient (Wildman–Crippen LogP) is 2.93. The molecule has 0 spiro atoms. The van der Waals surface area contributed by atoms with Crippen LogP contribution in [0.5, 0.6) is 0 Å². The molecule has 4 heteroatoms. The Morgan fingerprint density at radius 3 is 2.64 bits per heavy atom. The minimum Gasteiger partial charge on any atom is -0.393 e. The molecule has 0 fully saturated rings. The van der Waals surface area contributed by atoms with Crippen molar-refractivity contribution in [1.29, 1.82) is 0 Å². The summed E-state index contributed by atoms with van der Waals surface area (Å²) in [4.78, 5) is 0. The summed E-state index contributed by atoms with van der Waals surface area (Å²) in [5.41, 5.74) is -0.0570. The molecular formula is C10H11ClF2O. The minimum absolute atomic E-state index is 0.0570. The van der Waals surface area contributed by atoms with Crippen LogP contribution in [0.25, 0.3) is 0 Å². The average molecular weight is 221 g/mol. The molecule has 1 N–H and O–H groups in total. The summed E-state index contributed by atoms with van der Waals surface area (Å²) in [6, 6.07) is 2.31. The van der Waals surface area contributed by atoms with Crippen molar-refractivity contribution in [1.82, 2.24) is 0 Å². The highest BCUT2D eigenvalue weighted by Crippen LogP contribution is 2.22. The van der Waals surface area contributed by atoms with Crippen LogP contribution in [0.4, 0.5) is 8.78 Å². The molecule has 1 aromatic carbocycles. The highest BCUT2D eigenvalue weighted by Gasteiger charge is 2.12. The van der Waals surface area contributed by atoms with Gasteiger partial charge in [-0.3, -0.25) is 0 Å². The molecule has 1 aromatic rings. The SMILES string of the molecule is C[C@@H](O)CCc1c(F)ccc(Cl)c1F. The summed E-state index contributed by atoms with van der Waals surface area (Å²) in [6.07, 6.45) is -0.114. The molecule has 0 amide bonds. The maximum atomic E-state index is 13.3. The Labute approximate surface area is 86.3 Å². The summed E-state index contributed by atoms with van der Waals surface area (Å²) < 4.78 is 26.4. The Kier molecular flexibility index (Phi) is 3.84. The molecule has 0 heterocycles. The maximum Gasteiger partial charge on any atom is 0.147 e. The van der Waals surface area contributed by atoms with E-state index in [9.17, 15) is 8.78 Å². The van der Waals surface area contributed by atoms with Crippen molar-refractivity contribution in [3.63, 3.8) is 0 Å². The zero-order valence-electron chi connectivity index (χ0n) is 7.73. The fourth-order valence-electron chi connectivity index (χ4n) is 1.15. The van der Waals surface area contributed by atoms with E-state index in [1.807, 2.05) is 0 Å². The first-order chi connectivity index (χ1) is 6.52. The lowest BCUT2D eigenvalue weighted by molar-refractivity contribution is 0.184. The van der Waals surface area contributed by atoms with Crippen molar-refractivity contribution in [3.05, 3.63) is 34.4 Å². The van der Waals surface area contributed by atoms with Crippen LogP contribution in [-0.2, 0) is 6.42 Å². The fraction of sp³-hybridized carbons (Fsp3) is 0.400. The number of aliphatic hydroxyl groups excluding tert-OH is 1.